The number of ether oxygens (including phenoxy) is 1. The quantitative estimate of drug-likeness (QED) is 0.816. The molecule has 2 N–H and O–H groups in total. The number of H-pyrrole nitrogens is 1. The summed E-state index contributed by atoms with van der Waals surface area (Å²) in [5.74, 6) is 1.27. The van der Waals surface area contributed by atoms with E-state index >= 15 is 0 Å². The second kappa shape index (κ2) is 4.68. The smallest absolute Gasteiger partial charge is 0.199 e. The highest BCUT2D eigenvalue weighted by atomic mass is 32.1. The monoisotopic (exact) mass is 251 g/mol. The van der Waals surface area contributed by atoms with Crippen molar-refractivity contribution in [1.29, 1.82) is 0 Å². The van der Waals surface area contributed by atoms with Gasteiger partial charge in [-0.2, -0.15) is 5.10 Å². The summed E-state index contributed by atoms with van der Waals surface area (Å²) < 4.78 is 7.32. The van der Waals surface area contributed by atoms with Gasteiger partial charge in [0.05, 0.1) is 12.8 Å². The fraction of sp³-hybridized carbons (Fsp3) is 0.273. The number of aryl methyl sites for hydroxylation is 1. The maximum atomic E-state index is 9.21. The zero-order chi connectivity index (χ0) is 12.4. The van der Waals surface area contributed by atoms with Crippen LogP contribution in [0.3, 0.4) is 0 Å². The largest absolute Gasteiger partial charge is 0.497 e. The van der Waals surface area contributed by atoms with Crippen molar-refractivity contribution in [2.45, 2.75) is 13.5 Å². The molecule has 0 saturated heterocycles. The Balaban J connectivity index is 2.60. The zero-order valence-corrected chi connectivity index (χ0v) is 10.4. The Morgan fingerprint density at radius 1 is 1.53 bits per heavy atom. The normalized spacial score (nSPS) is 10.5. The molecule has 90 valence electrons. The summed E-state index contributed by atoms with van der Waals surface area (Å²) in [7, 11) is 1.62. The molecule has 2 aromatic rings. The van der Waals surface area contributed by atoms with Crippen molar-refractivity contribution in [3.8, 4) is 11.4 Å². The predicted molar refractivity (Wildman–Crippen MR) is 66.0 cm³/mol. The molecule has 0 atom stereocenters. The van der Waals surface area contributed by atoms with E-state index in [-0.39, 0.29) is 6.61 Å². The minimum atomic E-state index is -0.168. The van der Waals surface area contributed by atoms with Crippen molar-refractivity contribution in [1.82, 2.24) is 14.8 Å². The van der Waals surface area contributed by atoms with Gasteiger partial charge in [0.15, 0.2) is 10.6 Å². The van der Waals surface area contributed by atoms with Crippen molar-refractivity contribution < 1.29 is 9.84 Å². The van der Waals surface area contributed by atoms with Gasteiger partial charge in [-0.15, -0.1) is 0 Å². The number of aliphatic hydroxyl groups is 1. The lowest BCUT2D eigenvalue weighted by molar-refractivity contribution is 0.268. The van der Waals surface area contributed by atoms with Crippen LogP contribution in [0, 0.1) is 11.7 Å². The summed E-state index contributed by atoms with van der Waals surface area (Å²) in [6.45, 7) is 1.78. The first-order chi connectivity index (χ1) is 8.17. The molecule has 6 heteroatoms. The van der Waals surface area contributed by atoms with E-state index in [9.17, 15) is 5.11 Å². The van der Waals surface area contributed by atoms with Crippen molar-refractivity contribution in [2.75, 3.05) is 7.11 Å². The predicted octanol–water partition coefficient (Wildman–Crippen LogP) is 1.74. The van der Waals surface area contributed by atoms with Crippen molar-refractivity contribution in [3.05, 3.63) is 34.4 Å². The average molecular weight is 251 g/mol. The van der Waals surface area contributed by atoms with Crippen molar-refractivity contribution in [3.63, 3.8) is 0 Å². The number of aliphatic hydroxyl groups excluding tert-OH is 1. The first-order valence-corrected chi connectivity index (χ1v) is 5.50. The number of nitrogens with one attached hydrogen (secondary N) is 1. The van der Waals surface area contributed by atoms with Crippen LogP contribution < -0.4 is 4.74 Å². The maximum Gasteiger partial charge on any atom is 0.199 e. The first kappa shape index (κ1) is 11.8. The number of methoxy groups -OCH3 is 1. The summed E-state index contributed by atoms with van der Waals surface area (Å²) in [5.41, 5.74) is 1.88. The molecule has 0 bridgehead atoms. The van der Waals surface area contributed by atoms with Gasteiger partial charge < -0.3 is 9.84 Å². The molecule has 0 aliphatic rings. The van der Waals surface area contributed by atoms with Gasteiger partial charge in [0.1, 0.15) is 12.4 Å². The Morgan fingerprint density at radius 3 is 2.88 bits per heavy atom. The van der Waals surface area contributed by atoms with Crippen LogP contribution in [0.5, 0.6) is 5.75 Å². The molecule has 0 amide bonds. The molecule has 0 unspecified atom stereocenters. The van der Waals surface area contributed by atoms with Crippen LogP contribution in [0.15, 0.2) is 18.2 Å². The molecule has 17 heavy (non-hydrogen) atoms. The number of rotatable bonds is 3. The van der Waals surface area contributed by atoms with Gasteiger partial charge in [-0.1, -0.05) is 0 Å². The number of aromatic nitrogens is 3. The Kier molecular flexibility index (Phi) is 3.26. The molecule has 0 spiro atoms. The van der Waals surface area contributed by atoms with Crippen LogP contribution >= 0.6 is 12.2 Å². The summed E-state index contributed by atoms with van der Waals surface area (Å²) in [4.78, 5) is 0. The maximum absolute atomic E-state index is 9.21. The molecule has 0 radical (unpaired) electrons. The van der Waals surface area contributed by atoms with E-state index in [1.54, 1.807) is 11.7 Å². The Hall–Kier alpha value is -1.66. The Morgan fingerprint density at radius 2 is 2.29 bits per heavy atom. The molecule has 1 aromatic heterocycles. The van der Waals surface area contributed by atoms with E-state index in [1.807, 2.05) is 25.1 Å². The van der Waals surface area contributed by atoms with Crippen LogP contribution in [-0.4, -0.2) is 27.0 Å². The van der Waals surface area contributed by atoms with Gasteiger partial charge in [-0.05, 0) is 42.9 Å². The van der Waals surface area contributed by atoms with Crippen molar-refractivity contribution >= 4 is 12.2 Å². The number of hydrogen-bond donors (Lipinski definition) is 2. The molecule has 0 saturated carbocycles. The van der Waals surface area contributed by atoms with E-state index < -0.39 is 0 Å². The third-order valence-corrected chi connectivity index (χ3v) is 2.80. The average Bonchev–Trinajstić information content (AvgIpc) is 2.70. The standard InChI is InChI=1S/C11H13N3O2S/c1-7-5-8(16-2)3-4-9(7)14-10(6-15)12-13-11(14)17/h3-5,15H,6H2,1-2H3,(H,13,17). The van der Waals surface area contributed by atoms with Gasteiger partial charge in [0.2, 0.25) is 0 Å². The van der Waals surface area contributed by atoms with E-state index in [4.69, 9.17) is 17.0 Å². The van der Waals surface area contributed by atoms with Gasteiger partial charge >= 0.3 is 0 Å². The van der Waals surface area contributed by atoms with Gasteiger partial charge in [-0.3, -0.25) is 9.67 Å². The lowest BCUT2D eigenvalue weighted by Gasteiger charge is -2.10. The van der Waals surface area contributed by atoms with Gasteiger partial charge in [-0.25, -0.2) is 0 Å². The fourth-order valence-corrected chi connectivity index (χ4v) is 1.94. The van der Waals surface area contributed by atoms with Crippen LogP contribution in [0.1, 0.15) is 11.4 Å². The highest BCUT2D eigenvalue weighted by Gasteiger charge is 2.09. The number of hydrogen-bond acceptors (Lipinski definition) is 4. The van der Waals surface area contributed by atoms with Crippen LogP contribution in [0.2, 0.25) is 0 Å². The lowest BCUT2D eigenvalue weighted by Crippen LogP contribution is -2.03. The molecule has 5 nitrogen and oxygen atoms in total. The highest BCUT2D eigenvalue weighted by molar-refractivity contribution is 7.71. The van der Waals surface area contributed by atoms with Crippen LogP contribution in [-0.2, 0) is 6.61 Å². The molecule has 0 fully saturated rings. The second-order valence-electron chi connectivity index (χ2n) is 3.59. The number of benzene rings is 1. The lowest BCUT2D eigenvalue weighted by atomic mass is 10.2. The topological polar surface area (TPSA) is 63.1 Å². The molecule has 1 heterocycles. The molecule has 1 aromatic carbocycles. The molecule has 0 aliphatic carbocycles. The van der Waals surface area contributed by atoms with E-state index in [1.165, 1.54) is 0 Å². The number of aromatic amines is 1. The second-order valence-corrected chi connectivity index (χ2v) is 3.98. The summed E-state index contributed by atoms with van der Waals surface area (Å²) in [5, 5.41) is 15.8. The molecular formula is C11H13N3O2S. The van der Waals surface area contributed by atoms with Crippen LogP contribution in [0.25, 0.3) is 5.69 Å². The third kappa shape index (κ3) is 2.09. The van der Waals surface area contributed by atoms with E-state index in [2.05, 4.69) is 10.2 Å². The molecule has 2 rings (SSSR count). The summed E-state index contributed by atoms with van der Waals surface area (Å²) in [6.07, 6.45) is 0. The fourth-order valence-electron chi connectivity index (χ4n) is 1.69. The first-order valence-electron chi connectivity index (χ1n) is 5.09. The van der Waals surface area contributed by atoms with Crippen LogP contribution in [0.4, 0.5) is 0 Å². The van der Waals surface area contributed by atoms with Crippen molar-refractivity contribution in [2.24, 2.45) is 0 Å². The van der Waals surface area contributed by atoms with Gasteiger partial charge in [0, 0.05) is 0 Å². The van der Waals surface area contributed by atoms with E-state index in [0.717, 1.165) is 17.0 Å². The SMILES string of the molecule is COc1ccc(-n2c(CO)n[nH]c2=S)c(C)c1. The minimum Gasteiger partial charge on any atom is -0.497 e. The summed E-state index contributed by atoms with van der Waals surface area (Å²) >= 11 is 5.14. The minimum absolute atomic E-state index is 0.168. The molecule has 0 aliphatic heterocycles. The third-order valence-electron chi connectivity index (χ3n) is 2.53. The Bertz CT molecular complexity index is 589. The molecular weight excluding hydrogens is 238 g/mol. The van der Waals surface area contributed by atoms with E-state index in [0.29, 0.717) is 10.6 Å². The highest BCUT2D eigenvalue weighted by Crippen LogP contribution is 2.21. The summed E-state index contributed by atoms with van der Waals surface area (Å²) in [6, 6.07) is 5.64. The van der Waals surface area contributed by atoms with Gasteiger partial charge in [0.25, 0.3) is 0 Å². The Labute approximate surface area is 104 Å². The zero-order valence-electron chi connectivity index (χ0n) is 9.60. The number of nitrogens with zero attached hydrogens (tertiary/aromatic N) is 2.